The monoisotopic (exact) mass is 403 g/mol. The van der Waals surface area contributed by atoms with Crippen molar-refractivity contribution in [2.24, 2.45) is 0 Å². The molecule has 0 saturated carbocycles. The highest BCUT2D eigenvalue weighted by Gasteiger charge is 2.16. The highest BCUT2D eigenvalue weighted by molar-refractivity contribution is 7.92. The summed E-state index contributed by atoms with van der Waals surface area (Å²) in [5.74, 6) is -0.934. The van der Waals surface area contributed by atoms with Crippen molar-refractivity contribution in [3.05, 3.63) is 70.0 Å². The van der Waals surface area contributed by atoms with Gasteiger partial charge < -0.3 is 5.32 Å². The fourth-order valence-electron chi connectivity index (χ4n) is 2.56. The van der Waals surface area contributed by atoms with Crippen LogP contribution in [0, 0.1) is 17.0 Å². The zero-order chi connectivity index (χ0) is 20.3. The van der Waals surface area contributed by atoms with Crippen LogP contribution in [0.2, 0.25) is 0 Å². The summed E-state index contributed by atoms with van der Waals surface area (Å²) in [6.45, 7) is 1.42. The van der Waals surface area contributed by atoms with Crippen molar-refractivity contribution in [3.8, 4) is 0 Å². The number of hydrogen-bond acceptors (Lipinski definition) is 6. The van der Waals surface area contributed by atoms with Crippen LogP contribution in [0.15, 0.2) is 48.8 Å². The molecule has 28 heavy (non-hydrogen) atoms. The summed E-state index contributed by atoms with van der Waals surface area (Å²) in [5.41, 5.74) is 1.47. The lowest BCUT2D eigenvalue weighted by Crippen LogP contribution is -2.31. The summed E-state index contributed by atoms with van der Waals surface area (Å²) >= 11 is 0. The number of nitrogens with one attached hydrogen (secondary N) is 2. The molecule has 0 aliphatic heterocycles. The highest BCUT2D eigenvalue weighted by Crippen LogP contribution is 2.19. The summed E-state index contributed by atoms with van der Waals surface area (Å²) < 4.78 is 28.4. The molecular weight excluding hydrogens is 386 g/mol. The number of rotatable bonds is 7. The van der Waals surface area contributed by atoms with Gasteiger partial charge in [0.2, 0.25) is 10.0 Å². The molecule has 11 heteroatoms. The van der Waals surface area contributed by atoms with Gasteiger partial charge >= 0.3 is 0 Å². The predicted molar refractivity (Wildman–Crippen MR) is 103 cm³/mol. The second-order valence-electron chi connectivity index (χ2n) is 6.05. The number of sulfonamides is 1. The van der Waals surface area contributed by atoms with Crippen LogP contribution in [0.4, 0.5) is 11.4 Å². The number of hydrogen-bond donors (Lipinski definition) is 2. The topological polar surface area (TPSA) is 136 Å². The Morgan fingerprint density at radius 1 is 1.25 bits per heavy atom. The zero-order valence-electron chi connectivity index (χ0n) is 14.8. The number of aryl methyl sites for hydroxylation is 1. The van der Waals surface area contributed by atoms with Crippen molar-refractivity contribution >= 4 is 32.8 Å². The van der Waals surface area contributed by atoms with Crippen LogP contribution in [0.3, 0.4) is 0 Å². The summed E-state index contributed by atoms with van der Waals surface area (Å²) in [4.78, 5) is 22.5. The fourth-order valence-corrected chi connectivity index (χ4v) is 3.52. The largest absolute Gasteiger partial charge is 0.351 e. The van der Waals surface area contributed by atoms with E-state index < -0.39 is 20.9 Å². The van der Waals surface area contributed by atoms with E-state index in [1.165, 1.54) is 12.1 Å². The third kappa shape index (κ3) is 4.43. The average molecular weight is 403 g/mol. The Bertz CT molecular complexity index is 1160. The van der Waals surface area contributed by atoms with Gasteiger partial charge in [0.15, 0.2) is 0 Å². The molecule has 0 saturated heterocycles. The van der Waals surface area contributed by atoms with Gasteiger partial charge in [0, 0.05) is 36.1 Å². The molecule has 0 aliphatic carbocycles. The molecule has 0 fully saturated rings. The van der Waals surface area contributed by atoms with Gasteiger partial charge in [-0.1, -0.05) is 6.07 Å². The molecule has 0 atom stereocenters. The molecule has 146 valence electrons. The van der Waals surface area contributed by atoms with E-state index >= 15 is 0 Å². The third-order valence-corrected chi connectivity index (χ3v) is 5.29. The average Bonchev–Trinajstić information content (AvgIpc) is 3.09. The van der Waals surface area contributed by atoms with Gasteiger partial charge in [-0.25, -0.2) is 12.9 Å². The lowest BCUT2D eigenvalue weighted by Gasteiger charge is -2.09. The third-order valence-electron chi connectivity index (χ3n) is 4.00. The minimum atomic E-state index is -3.70. The first-order valence-electron chi connectivity index (χ1n) is 8.22. The van der Waals surface area contributed by atoms with E-state index in [0.717, 1.165) is 11.6 Å². The van der Waals surface area contributed by atoms with E-state index in [-0.39, 0.29) is 23.5 Å². The number of benzene rings is 1. The molecule has 0 bridgehead atoms. The van der Waals surface area contributed by atoms with Crippen LogP contribution < -0.4 is 10.0 Å². The van der Waals surface area contributed by atoms with E-state index in [1.54, 1.807) is 42.0 Å². The molecule has 0 aliphatic rings. The summed E-state index contributed by atoms with van der Waals surface area (Å²) in [5, 5.41) is 17.4. The maximum Gasteiger partial charge on any atom is 0.273 e. The maximum absolute atomic E-state index is 12.2. The Morgan fingerprint density at radius 2 is 2.04 bits per heavy atom. The molecular formula is C17H17N5O5S. The number of carbonyl (C=O) groups is 1. The Kier molecular flexibility index (Phi) is 5.27. The molecule has 3 aromatic rings. The van der Waals surface area contributed by atoms with Crippen molar-refractivity contribution in [3.63, 3.8) is 0 Å². The van der Waals surface area contributed by atoms with Crippen molar-refractivity contribution in [1.82, 2.24) is 14.9 Å². The smallest absolute Gasteiger partial charge is 0.273 e. The first-order valence-corrected chi connectivity index (χ1v) is 9.87. The van der Waals surface area contributed by atoms with Gasteiger partial charge in [0.1, 0.15) is 0 Å². The van der Waals surface area contributed by atoms with Crippen molar-refractivity contribution in [2.75, 3.05) is 17.0 Å². The lowest BCUT2D eigenvalue weighted by atomic mass is 10.1. The van der Waals surface area contributed by atoms with E-state index in [9.17, 15) is 23.3 Å². The molecule has 3 rings (SSSR count). The molecule has 1 amide bonds. The van der Waals surface area contributed by atoms with Crippen LogP contribution in [-0.2, 0) is 10.0 Å². The molecule has 1 aromatic carbocycles. The SMILES string of the molecule is Cc1ccc(C(=O)NCCS(=O)(=O)Nc2ccn3nccc3c2)cc1[N+](=O)[O-]. The van der Waals surface area contributed by atoms with E-state index in [1.807, 2.05) is 0 Å². The summed E-state index contributed by atoms with van der Waals surface area (Å²) in [6.07, 6.45) is 3.22. The maximum atomic E-state index is 12.2. The van der Waals surface area contributed by atoms with Crippen molar-refractivity contribution in [2.45, 2.75) is 6.92 Å². The molecule has 0 unspecified atom stereocenters. The first-order chi connectivity index (χ1) is 13.2. The van der Waals surface area contributed by atoms with Crippen LogP contribution in [0.25, 0.3) is 5.52 Å². The fraction of sp³-hybridized carbons (Fsp3) is 0.176. The lowest BCUT2D eigenvalue weighted by molar-refractivity contribution is -0.385. The number of anilines is 1. The number of nitrogens with zero attached hydrogens (tertiary/aromatic N) is 3. The standard InChI is InChI=1S/C17H17N5O5S/c1-12-2-3-13(10-16(12)22(24)25)17(23)18-7-9-28(26,27)20-14-5-8-21-15(11-14)4-6-19-21/h2-6,8,10-11,20H,7,9H2,1H3,(H,18,23). The van der Waals surface area contributed by atoms with Crippen LogP contribution in [0.1, 0.15) is 15.9 Å². The van der Waals surface area contributed by atoms with Gasteiger partial charge in [0.05, 0.1) is 21.9 Å². The normalized spacial score (nSPS) is 11.3. The number of nitro groups is 1. The minimum absolute atomic E-state index is 0.0915. The van der Waals surface area contributed by atoms with Crippen LogP contribution in [-0.4, -0.2) is 41.2 Å². The Balaban J connectivity index is 1.59. The van der Waals surface area contributed by atoms with Crippen molar-refractivity contribution < 1.29 is 18.1 Å². The van der Waals surface area contributed by atoms with Gasteiger partial charge in [-0.05, 0) is 31.2 Å². The highest BCUT2D eigenvalue weighted by atomic mass is 32.2. The Morgan fingerprint density at radius 3 is 2.79 bits per heavy atom. The minimum Gasteiger partial charge on any atom is -0.351 e. The Hall–Kier alpha value is -3.47. The van der Waals surface area contributed by atoms with Gasteiger partial charge in [-0.3, -0.25) is 19.6 Å². The molecule has 0 spiro atoms. The van der Waals surface area contributed by atoms with Crippen LogP contribution in [0.5, 0.6) is 0 Å². The second kappa shape index (κ2) is 7.64. The molecule has 0 radical (unpaired) electrons. The number of fused-ring (bicyclic) bond motifs is 1. The van der Waals surface area contributed by atoms with Gasteiger partial charge in [-0.2, -0.15) is 5.10 Å². The number of nitro benzene ring substituents is 1. The van der Waals surface area contributed by atoms with Crippen LogP contribution >= 0.6 is 0 Å². The zero-order valence-corrected chi connectivity index (χ0v) is 15.6. The van der Waals surface area contributed by atoms with Gasteiger partial charge in [0.25, 0.3) is 11.6 Å². The van der Waals surface area contributed by atoms with E-state index in [2.05, 4.69) is 15.1 Å². The van der Waals surface area contributed by atoms with Crippen molar-refractivity contribution in [1.29, 1.82) is 0 Å². The molecule has 2 heterocycles. The Labute approximate surface area is 160 Å². The first kappa shape index (κ1) is 19.3. The molecule has 2 aromatic heterocycles. The summed E-state index contributed by atoms with van der Waals surface area (Å²) in [7, 11) is -3.70. The predicted octanol–water partition coefficient (Wildman–Crippen LogP) is 1.72. The molecule has 2 N–H and O–H groups in total. The number of amides is 1. The summed E-state index contributed by atoms with van der Waals surface area (Å²) in [6, 6.07) is 9.02. The second-order valence-corrected chi connectivity index (χ2v) is 7.89. The van der Waals surface area contributed by atoms with Gasteiger partial charge in [-0.15, -0.1) is 0 Å². The number of pyridine rings is 1. The van der Waals surface area contributed by atoms with E-state index in [0.29, 0.717) is 11.3 Å². The molecule has 10 nitrogen and oxygen atoms in total. The van der Waals surface area contributed by atoms with E-state index in [4.69, 9.17) is 0 Å². The number of aromatic nitrogens is 2. The quantitative estimate of drug-likeness (QED) is 0.455. The number of carbonyl (C=O) groups excluding carboxylic acids is 1.